The van der Waals surface area contributed by atoms with Crippen LogP contribution >= 0.6 is 0 Å². The topological polar surface area (TPSA) is 38.9 Å². The van der Waals surface area contributed by atoms with Gasteiger partial charge in [0, 0.05) is 17.6 Å². The first-order chi connectivity index (χ1) is 7.27. The van der Waals surface area contributed by atoms with E-state index in [1.807, 2.05) is 25.3 Å². The third-order valence-corrected chi connectivity index (χ3v) is 2.61. The summed E-state index contributed by atoms with van der Waals surface area (Å²) in [5.74, 6) is 0. The van der Waals surface area contributed by atoms with E-state index in [9.17, 15) is 0 Å². The number of pyridine rings is 1. The smallest absolute Gasteiger partial charge is 0.0704 e. The lowest BCUT2D eigenvalue weighted by molar-refractivity contribution is 0.668. The summed E-state index contributed by atoms with van der Waals surface area (Å²) >= 11 is 0. The highest BCUT2D eigenvalue weighted by atomic mass is 14.6. The monoisotopic (exact) mass is 200 g/mol. The standard InChI is InChI=1S/C13H16N2/c1-10(14)6-7-11-8-9-15-13-5-3-2-4-12(11)13/h2-5,8-10H,6-7,14H2,1H3. The van der Waals surface area contributed by atoms with E-state index in [-0.39, 0.29) is 6.04 Å². The third kappa shape index (κ3) is 2.34. The number of aryl methyl sites for hydroxylation is 1. The molecule has 0 bridgehead atoms. The molecule has 78 valence electrons. The van der Waals surface area contributed by atoms with Gasteiger partial charge in [0.15, 0.2) is 0 Å². The van der Waals surface area contributed by atoms with Crippen LogP contribution in [0.4, 0.5) is 0 Å². The number of rotatable bonds is 3. The molecule has 0 aliphatic rings. The van der Waals surface area contributed by atoms with Crippen LogP contribution < -0.4 is 5.73 Å². The molecule has 2 heteroatoms. The fourth-order valence-corrected chi connectivity index (χ4v) is 1.76. The van der Waals surface area contributed by atoms with Crippen LogP contribution in [0.2, 0.25) is 0 Å². The quantitative estimate of drug-likeness (QED) is 0.826. The molecule has 1 aromatic carbocycles. The van der Waals surface area contributed by atoms with Crippen molar-refractivity contribution >= 4 is 10.9 Å². The molecule has 1 aromatic heterocycles. The summed E-state index contributed by atoms with van der Waals surface area (Å²) < 4.78 is 0. The molecule has 0 aliphatic heterocycles. The molecule has 0 spiro atoms. The van der Waals surface area contributed by atoms with Crippen LogP contribution in [0.3, 0.4) is 0 Å². The van der Waals surface area contributed by atoms with Gasteiger partial charge in [0.1, 0.15) is 0 Å². The highest BCUT2D eigenvalue weighted by Crippen LogP contribution is 2.17. The van der Waals surface area contributed by atoms with Gasteiger partial charge in [0.05, 0.1) is 5.52 Å². The Morgan fingerprint density at radius 3 is 2.87 bits per heavy atom. The zero-order valence-corrected chi connectivity index (χ0v) is 8.98. The summed E-state index contributed by atoms with van der Waals surface area (Å²) in [6.45, 7) is 2.05. The lowest BCUT2D eigenvalue weighted by Gasteiger charge is -2.07. The lowest BCUT2D eigenvalue weighted by atomic mass is 10.0. The molecule has 2 N–H and O–H groups in total. The van der Waals surface area contributed by atoms with Gasteiger partial charge in [-0.05, 0) is 37.5 Å². The van der Waals surface area contributed by atoms with E-state index in [0.29, 0.717) is 0 Å². The van der Waals surface area contributed by atoms with E-state index in [0.717, 1.165) is 18.4 Å². The van der Waals surface area contributed by atoms with Crippen molar-refractivity contribution in [3.63, 3.8) is 0 Å². The fourth-order valence-electron chi connectivity index (χ4n) is 1.76. The Hall–Kier alpha value is -1.41. The first kappa shape index (κ1) is 10.1. The molecule has 0 saturated carbocycles. The molecular weight excluding hydrogens is 184 g/mol. The van der Waals surface area contributed by atoms with Crippen LogP contribution in [0.15, 0.2) is 36.5 Å². The predicted molar refractivity (Wildman–Crippen MR) is 63.7 cm³/mol. The van der Waals surface area contributed by atoms with Gasteiger partial charge in [-0.2, -0.15) is 0 Å². The molecule has 0 aliphatic carbocycles. The van der Waals surface area contributed by atoms with Crippen LogP contribution in [0, 0.1) is 0 Å². The minimum Gasteiger partial charge on any atom is -0.328 e. The van der Waals surface area contributed by atoms with Crippen molar-refractivity contribution in [2.45, 2.75) is 25.8 Å². The molecule has 2 rings (SSSR count). The van der Waals surface area contributed by atoms with Gasteiger partial charge >= 0.3 is 0 Å². The largest absolute Gasteiger partial charge is 0.328 e. The zero-order valence-electron chi connectivity index (χ0n) is 8.98. The predicted octanol–water partition coefficient (Wildman–Crippen LogP) is 2.51. The Kier molecular flexibility index (Phi) is 2.97. The number of hydrogen-bond acceptors (Lipinski definition) is 2. The van der Waals surface area contributed by atoms with Crippen LogP contribution in [0.5, 0.6) is 0 Å². The van der Waals surface area contributed by atoms with Crippen molar-refractivity contribution in [1.82, 2.24) is 4.98 Å². The number of fused-ring (bicyclic) bond motifs is 1. The van der Waals surface area contributed by atoms with Gasteiger partial charge < -0.3 is 5.73 Å². The van der Waals surface area contributed by atoms with Crippen LogP contribution in [-0.2, 0) is 6.42 Å². The minimum atomic E-state index is 0.261. The maximum Gasteiger partial charge on any atom is 0.0704 e. The van der Waals surface area contributed by atoms with Gasteiger partial charge in [0.2, 0.25) is 0 Å². The fraction of sp³-hybridized carbons (Fsp3) is 0.308. The van der Waals surface area contributed by atoms with E-state index in [4.69, 9.17) is 5.73 Å². The van der Waals surface area contributed by atoms with Crippen molar-refractivity contribution in [3.05, 3.63) is 42.1 Å². The maximum atomic E-state index is 5.77. The number of para-hydroxylation sites is 1. The van der Waals surface area contributed by atoms with Crippen molar-refractivity contribution in [2.75, 3.05) is 0 Å². The SMILES string of the molecule is CC(N)CCc1ccnc2ccccc12. The molecule has 1 unspecified atom stereocenters. The number of nitrogens with zero attached hydrogens (tertiary/aromatic N) is 1. The molecule has 15 heavy (non-hydrogen) atoms. The average molecular weight is 200 g/mol. The van der Waals surface area contributed by atoms with Gasteiger partial charge in [-0.1, -0.05) is 18.2 Å². The van der Waals surface area contributed by atoms with Crippen LogP contribution in [0.1, 0.15) is 18.9 Å². The van der Waals surface area contributed by atoms with Crippen molar-refractivity contribution in [2.24, 2.45) is 5.73 Å². The number of hydrogen-bond donors (Lipinski definition) is 1. The molecule has 0 radical (unpaired) electrons. The summed E-state index contributed by atoms with van der Waals surface area (Å²) in [5, 5.41) is 1.25. The van der Waals surface area contributed by atoms with Crippen molar-refractivity contribution in [3.8, 4) is 0 Å². The van der Waals surface area contributed by atoms with Gasteiger partial charge in [-0.15, -0.1) is 0 Å². The molecule has 2 aromatic rings. The Labute approximate surface area is 90.1 Å². The second kappa shape index (κ2) is 4.41. The van der Waals surface area contributed by atoms with Gasteiger partial charge in [-0.25, -0.2) is 0 Å². The number of aromatic nitrogens is 1. The van der Waals surface area contributed by atoms with Crippen molar-refractivity contribution < 1.29 is 0 Å². The Morgan fingerprint density at radius 2 is 2.07 bits per heavy atom. The molecule has 0 saturated heterocycles. The molecule has 0 amide bonds. The lowest BCUT2D eigenvalue weighted by Crippen LogP contribution is -2.15. The number of nitrogens with two attached hydrogens (primary N) is 1. The van der Waals surface area contributed by atoms with E-state index in [1.54, 1.807) is 0 Å². The van der Waals surface area contributed by atoms with Crippen LogP contribution in [0.25, 0.3) is 10.9 Å². The van der Waals surface area contributed by atoms with E-state index in [2.05, 4.69) is 23.2 Å². The Morgan fingerprint density at radius 1 is 1.27 bits per heavy atom. The summed E-state index contributed by atoms with van der Waals surface area (Å²) in [6.07, 6.45) is 3.92. The van der Waals surface area contributed by atoms with E-state index >= 15 is 0 Å². The van der Waals surface area contributed by atoms with Gasteiger partial charge in [0.25, 0.3) is 0 Å². The second-order valence-corrected chi connectivity index (χ2v) is 4.00. The molecule has 1 heterocycles. The maximum absolute atomic E-state index is 5.77. The van der Waals surface area contributed by atoms with Crippen molar-refractivity contribution in [1.29, 1.82) is 0 Å². The molecular formula is C13H16N2. The summed E-state index contributed by atoms with van der Waals surface area (Å²) in [6, 6.07) is 10.6. The Balaban J connectivity index is 2.34. The second-order valence-electron chi connectivity index (χ2n) is 4.00. The summed E-state index contributed by atoms with van der Waals surface area (Å²) in [5.41, 5.74) is 8.18. The molecule has 2 nitrogen and oxygen atoms in total. The summed E-state index contributed by atoms with van der Waals surface area (Å²) in [7, 11) is 0. The third-order valence-electron chi connectivity index (χ3n) is 2.61. The van der Waals surface area contributed by atoms with Gasteiger partial charge in [-0.3, -0.25) is 4.98 Å². The normalized spacial score (nSPS) is 12.9. The average Bonchev–Trinajstić information content (AvgIpc) is 2.26. The zero-order chi connectivity index (χ0) is 10.7. The Bertz CT molecular complexity index is 444. The first-order valence-corrected chi connectivity index (χ1v) is 5.35. The summed E-state index contributed by atoms with van der Waals surface area (Å²) in [4.78, 5) is 4.34. The molecule has 0 fully saturated rings. The number of benzene rings is 1. The highest BCUT2D eigenvalue weighted by molar-refractivity contribution is 5.81. The minimum absolute atomic E-state index is 0.261. The highest BCUT2D eigenvalue weighted by Gasteiger charge is 2.02. The molecule has 1 atom stereocenters. The van der Waals surface area contributed by atoms with Crippen LogP contribution in [-0.4, -0.2) is 11.0 Å². The van der Waals surface area contributed by atoms with E-state index in [1.165, 1.54) is 10.9 Å². The van der Waals surface area contributed by atoms with E-state index < -0.39 is 0 Å². The first-order valence-electron chi connectivity index (χ1n) is 5.35.